The molecule has 2 aromatic heterocycles. The Kier molecular flexibility index (Phi) is 5.87. The summed E-state index contributed by atoms with van der Waals surface area (Å²) in [5.41, 5.74) is 3.05. The maximum atomic E-state index is 13.1. The summed E-state index contributed by atoms with van der Waals surface area (Å²) >= 11 is 1.55. The minimum absolute atomic E-state index is 0.525. The highest BCUT2D eigenvalue weighted by Gasteiger charge is 2.30. The van der Waals surface area contributed by atoms with Gasteiger partial charge in [-0.15, -0.1) is 11.3 Å². The Morgan fingerprint density at radius 3 is 2.71 bits per heavy atom. The molecule has 0 atom stereocenters. The van der Waals surface area contributed by atoms with E-state index >= 15 is 0 Å². The quantitative estimate of drug-likeness (QED) is 0.436. The van der Waals surface area contributed by atoms with E-state index < -0.39 is 11.7 Å². The maximum Gasteiger partial charge on any atom is 0.416 e. The summed E-state index contributed by atoms with van der Waals surface area (Å²) < 4.78 is 50.4. The number of ether oxygens (including phenoxy) is 2. The first kappa shape index (κ1) is 21.2. The van der Waals surface area contributed by atoms with Crippen molar-refractivity contribution in [2.24, 2.45) is 0 Å². The Bertz CT molecular complexity index is 1160. The van der Waals surface area contributed by atoms with E-state index in [0.29, 0.717) is 24.5 Å². The van der Waals surface area contributed by atoms with Crippen molar-refractivity contribution in [3.63, 3.8) is 0 Å². The molecule has 0 amide bonds. The number of thiophene rings is 1. The van der Waals surface area contributed by atoms with Gasteiger partial charge in [-0.25, -0.2) is 0 Å². The highest BCUT2D eigenvalue weighted by atomic mass is 32.1. The number of aromatic nitrogens is 1. The molecule has 1 aliphatic heterocycles. The number of pyridine rings is 1. The van der Waals surface area contributed by atoms with Crippen molar-refractivity contribution in [3.05, 3.63) is 74.7 Å². The molecule has 31 heavy (non-hydrogen) atoms. The zero-order valence-electron chi connectivity index (χ0n) is 17.0. The number of fused-ring (bicyclic) bond motifs is 1. The van der Waals surface area contributed by atoms with Crippen molar-refractivity contribution in [3.8, 4) is 11.5 Å². The fourth-order valence-electron chi connectivity index (χ4n) is 3.22. The zero-order valence-corrected chi connectivity index (χ0v) is 17.8. The fraction of sp³-hybridized carbons (Fsp3) is 0.208. The highest BCUT2D eigenvalue weighted by molar-refractivity contribution is 7.11. The molecule has 3 heterocycles. The third-order valence-corrected chi connectivity index (χ3v) is 5.83. The maximum absolute atomic E-state index is 13.1. The summed E-state index contributed by atoms with van der Waals surface area (Å²) in [5.74, 6) is 1.53. The van der Waals surface area contributed by atoms with Crippen LogP contribution < -0.4 is 9.47 Å². The van der Waals surface area contributed by atoms with Crippen LogP contribution >= 0.6 is 11.3 Å². The molecule has 160 valence electrons. The monoisotopic (exact) mass is 443 g/mol. The van der Waals surface area contributed by atoms with Crippen molar-refractivity contribution in [2.45, 2.75) is 20.0 Å². The van der Waals surface area contributed by atoms with Gasteiger partial charge in [-0.1, -0.05) is 12.1 Å². The first-order valence-corrected chi connectivity index (χ1v) is 10.6. The van der Waals surface area contributed by atoms with Gasteiger partial charge in [0.05, 0.1) is 16.1 Å². The second-order valence-electron chi connectivity index (χ2n) is 7.19. The molecule has 0 saturated heterocycles. The Labute approximate surface area is 182 Å². The lowest BCUT2D eigenvalue weighted by Gasteiger charge is -2.15. The van der Waals surface area contributed by atoms with Crippen LogP contribution in [-0.4, -0.2) is 18.2 Å². The number of aryl methyl sites for hydroxylation is 1. The summed E-state index contributed by atoms with van der Waals surface area (Å²) in [5, 5.41) is 1.93. The summed E-state index contributed by atoms with van der Waals surface area (Å²) in [4.78, 5) is 5.36. The van der Waals surface area contributed by atoms with Gasteiger partial charge in [0.2, 0.25) is 0 Å². The molecular formula is C24H20F3NO2S. The second-order valence-corrected chi connectivity index (χ2v) is 8.11. The van der Waals surface area contributed by atoms with Crippen LogP contribution in [0.25, 0.3) is 23.8 Å². The average Bonchev–Trinajstić information content (AvgIpc) is 3.16. The van der Waals surface area contributed by atoms with Crippen LogP contribution in [0.5, 0.6) is 11.5 Å². The topological polar surface area (TPSA) is 31.4 Å². The van der Waals surface area contributed by atoms with Gasteiger partial charge >= 0.3 is 6.18 Å². The molecule has 0 bridgehead atoms. The van der Waals surface area contributed by atoms with Crippen LogP contribution in [0.2, 0.25) is 0 Å². The number of allylic oxidation sites excluding steroid dienone is 1. The van der Waals surface area contributed by atoms with E-state index in [1.807, 2.05) is 36.6 Å². The lowest BCUT2D eigenvalue weighted by atomic mass is 10.0. The lowest BCUT2D eigenvalue weighted by molar-refractivity contribution is -0.137. The van der Waals surface area contributed by atoms with E-state index in [-0.39, 0.29) is 0 Å². The Morgan fingerprint density at radius 1 is 1.10 bits per heavy atom. The third kappa shape index (κ3) is 4.82. The molecular weight excluding hydrogens is 423 g/mol. The molecule has 0 N–H and O–H groups in total. The van der Waals surface area contributed by atoms with E-state index in [9.17, 15) is 13.2 Å². The molecule has 0 spiro atoms. The average molecular weight is 443 g/mol. The van der Waals surface area contributed by atoms with Crippen LogP contribution in [0, 0.1) is 6.92 Å². The minimum Gasteiger partial charge on any atom is -0.485 e. The van der Waals surface area contributed by atoms with Gasteiger partial charge in [0.15, 0.2) is 11.5 Å². The van der Waals surface area contributed by atoms with Gasteiger partial charge in [-0.05, 0) is 72.5 Å². The van der Waals surface area contributed by atoms with Crippen LogP contribution in [0.3, 0.4) is 0 Å². The number of rotatable bonds is 4. The van der Waals surface area contributed by atoms with Gasteiger partial charge in [0.1, 0.15) is 13.2 Å². The Morgan fingerprint density at radius 2 is 1.90 bits per heavy atom. The second kappa shape index (κ2) is 8.59. The van der Waals surface area contributed by atoms with Crippen LogP contribution in [-0.2, 0) is 6.18 Å². The molecule has 0 fully saturated rings. The molecule has 0 aliphatic carbocycles. The van der Waals surface area contributed by atoms with Crippen molar-refractivity contribution < 1.29 is 22.6 Å². The summed E-state index contributed by atoms with van der Waals surface area (Å²) in [6.07, 6.45) is 2.98. The zero-order chi connectivity index (χ0) is 22.0. The predicted molar refractivity (Wildman–Crippen MR) is 118 cm³/mol. The van der Waals surface area contributed by atoms with E-state index in [1.54, 1.807) is 30.5 Å². The molecule has 1 aliphatic rings. The number of nitrogens with zero attached hydrogens (tertiary/aromatic N) is 1. The molecule has 1 aromatic carbocycles. The Hall–Kier alpha value is -3.06. The summed E-state index contributed by atoms with van der Waals surface area (Å²) in [7, 11) is 0. The van der Waals surface area contributed by atoms with Gasteiger partial charge in [-0.3, -0.25) is 4.98 Å². The largest absolute Gasteiger partial charge is 0.485 e. The SMILES string of the molecule is C/C(=C\c1cc(C(F)(F)F)ccc1C)c1cc(/C=C/c2scc3c2OCCO3)ccn1. The third-order valence-electron chi connectivity index (χ3n) is 4.92. The Balaban J connectivity index is 1.59. The molecule has 7 heteroatoms. The molecule has 3 nitrogen and oxygen atoms in total. The number of benzene rings is 1. The standard InChI is InChI=1S/C24H20F3NO2S/c1-15-3-5-19(24(25,26)27)13-18(15)11-16(2)20-12-17(7-8-28-20)4-6-22-23-21(14-31-22)29-9-10-30-23/h3-8,11-14H,9-10H2,1-2H3/b6-4+,16-11+. The molecule has 0 unspecified atom stereocenters. The van der Waals surface area contributed by atoms with Crippen LogP contribution in [0.4, 0.5) is 13.2 Å². The number of alkyl halides is 3. The summed E-state index contributed by atoms with van der Waals surface area (Å²) in [6, 6.07) is 7.54. The van der Waals surface area contributed by atoms with Crippen molar-refractivity contribution in [1.82, 2.24) is 4.98 Å². The molecule has 4 rings (SSSR count). The van der Waals surface area contributed by atoms with Crippen molar-refractivity contribution >= 4 is 35.1 Å². The number of hydrogen-bond acceptors (Lipinski definition) is 4. The molecule has 0 radical (unpaired) electrons. The smallest absolute Gasteiger partial charge is 0.416 e. The van der Waals surface area contributed by atoms with E-state index in [4.69, 9.17) is 9.47 Å². The van der Waals surface area contributed by atoms with Crippen molar-refractivity contribution in [1.29, 1.82) is 0 Å². The van der Waals surface area contributed by atoms with Crippen molar-refractivity contribution in [2.75, 3.05) is 13.2 Å². The summed E-state index contributed by atoms with van der Waals surface area (Å²) in [6.45, 7) is 4.72. The van der Waals surface area contributed by atoms with Gasteiger partial charge in [-0.2, -0.15) is 13.2 Å². The number of hydrogen-bond donors (Lipinski definition) is 0. The van der Waals surface area contributed by atoms with Gasteiger partial charge < -0.3 is 9.47 Å². The predicted octanol–water partition coefficient (Wildman–Crippen LogP) is 6.97. The van der Waals surface area contributed by atoms with Gasteiger partial charge in [0, 0.05) is 11.6 Å². The highest BCUT2D eigenvalue weighted by Crippen LogP contribution is 2.40. The minimum atomic E-state index is -4.37. The normalized spacial score (nSPS) is 14.3. The van der Waals surface area contributed by atoms with Gasteiger partial charge in [0.25, 0.3) is 0 Å². The molecule has 3 aromatic rings. The molecule has 0 saturated carbocycles. The lowest BCUT2D eigenvalue weighted by Crippen LogP contribution is -2.14. The van der Waals surface area contributed by atoms with E-state index in [0.717, 1.165) is 39.1 Å². The number of halogens is 3. The first-order valence-electron chi connectivity index (χ1n) is 9.69. The van der Waals surface area contributed by atoms with Crippen LogP contribution in [0.15, 0.2) is 41.9 Å². The van der Waals surface area contributed by atoms with E-state index in [2.05, 4.69) is 4.98 Å². The van der Waals surface area contributed by atoms with E-state index in [1.165, 1.54) is 12.1 Å². The fourth-order valence-corrected chi connectivity index (χ4v) is 4.04. The first-order chi connectivity index (χ1) is 14.8. The van der Waals surface area contributed by atoms with Crippen LogP contribution in [0.1, 0.15) is 39.7 Å².